The van der Waals surface area contributed by atoms with Crippen molar-refractivity contribution in [1.29, 1.82) is 0 Å². The van der Waals surface area contributed by atoms with Gasteiger partial charge in [-0.2, -0.15) is 0 Å². The largest absolute Gasteiger partial charge is 0.242 e. The minimum absolute atomic E-state index is 0.859. The van der Waals surface area contributed by atoms with Crippen molar-refractivity contribution in [2.24, 2.45) is 5.92 Å². The van der Waals surface area contributed by atoms with Crippen LogP contribution in [0.3, 0.4) is 0 Å². The maximum atomic E-state index is 4.35. The van der Waals surface area contributed by atoms with Crippen LogP contribution in [0, 0.1) is 5.92 Å². The lowest BCUT2D eigenvalue weighted by Crippen LogP contribution is -2.10. The highest BCUT2D eigenvalue weighted by atomic mass is 14.9. The van der Waals surface area contributed by atoms with Crippen molar-refractivity contribution in [2.45, 2.75) is 26.2 Å². The molecule has 0 N–H and O–H groups in total. The van der Waals surface area contributed by atoms with Gasteiger partial charge in [0, 0.05) is 13.1 Å². The maximum absolute atomic E-state index is 4.35. The van der Waals surface area contributed by atoms with E-state index in [2.05, 4.69) is 12.2 Å². The summed E-state index contributed by atoms with van der Waals surface area (Å²) in [4.78, 5) is 0. The minimum Gasteiger partial charge on any atom is -0.242 e. The molecule has 1 aliphatic heterocycles. The third kappa shape index (κ3) is 1.83. The van der Waals surface area contributed by atoms with Gasteiger partial charge in [0.2, 0.25) is 0 Å². The van der Waals surface area contributed by atoms with Crippen molar-refractivity contribution < 1.29 is 0 Å². The summed E-state index contributed by atoms with van der Waals surface area (Å²) in [7, 11) is 0. The molecule has 1 unspecified atom stereocenters. The van der Waals surface area contributed by atoms with Crippen LogP contribution in [-0.2, 0) is 0 Å². The highest BCUT2D eigenvalue weighted by molar-refractivity contribution is 4.61. The highest BCUT2D eigenvalue weighted by Gasteiger charge is 2.05. The van der Waals surface area contributed by atoms with Gasteiger partial charge in [-0.1, -0.05) is 13.3 Å². The molecule has 0 saturated carbocycles. The SMILES string of the molecule is CC1CCCC[N]C1. The van der Waals surface area contributed by atoms with E-state index in [1.54, 1.807) is 0 Å². The van der Waals surface area contributed by atoms with Crippen molar-refractivity contribution in [2.75, 3.05) is 13.1 Å². The fourth-order valence-corrected chi connectivity index (χ4v) is 1.12. The first-order valence-electron chi connectivity index (χ1n) is 3.53. The quantitative estimate of drug-likeness (QED) is 0.450. The van der Waals surface area contributed by atoms with Crippen LogP contribution in [0.1, 0.15) is 26.2 Å². The Bertz CT molecular complexity index is 53.4. The van der Waals surface area contributed by atoms with Gasteiger partial charge in [0.05, 0.1) is 0 Å². The van der Waals surface area contributed by atoms with Crippen LogP contribution >= 0.6 is 0 Å². The van der Waals surface area contributed by atoms with Crippen molar-refractivity contribution in [3.63, 3.8) is 0 Å². The lowest BCUT2D eigenvalue weighted by molar-refractivity contribution is 0.521. The Balaban J connectivity index is 2.17. The van der Waals surface area contributed by atoms with Gasteiger partial charge >= 0.3 is 0 Å². The molecule has 0 aromatic heterocycles. The fraction of sp³-hybridized carbons (Fsp3) is 1.00. The standard InChI is InChI=1S/C7H14N/c1-7-4-2-3-5-8-6-7/h7H,2-6H2,1H3. The Kier molecular flexibility index (Phi) is 2.34. The topological polar surface area (TPSA) is 14.1 Å². The van der Waals surface area contributed by atoms with Crippen LogP contribution < -0.4 is 5.32 Å². The van der Waals surface area contributed by atoms with Gasteiger partial charge in [0.15, 0.2) is 0 Å². The second kappa shape index (κ2) is 3.08. The number of hydrogen-bond donors (Lipinski definition) is 0. The molecule has 1 rings (SSSR count). The molecule has 47 valence electrons. The second-order valence-corrected chi connectivity index (χ2v) is 2.73. The molecule has 0 aromatic carbocycles. The van der Waals surface area contributed by atoms with Crippen molar-refractivity contribution in [3.8, 4) is 0 Å². The van der Waals surface area contributed by atoms with E-state index >= 15 is 0 Å². The molecule has 1 radical (unpaired) electrons. The van der Waals surface area contributed by atoms with E-state index in [1.807, 2.05) is 0 Å². The molecule has 1 saturated heterocycles. The van der Waals surface area contributed by atoms with Crippen LogP contribution in [0.2, 0.25) is 0 Å². The van der Waals surface area contributed by atoms with E-state index in [0.717, 1.165) is 19.0 Å². The van der Waals surface area contributed by atoms with E-state index in [-0.39, 0.29) is 0 Å². The molecule has 0 aliphatic carbocycles. The summed E-state index contributed by atoms with van der Waals surface area (Å²) in [6.07, 6.45) is 4.11. The summed E-state index contributed by atoms with van der Waals surface area (Å²) in [5, 5.41) is 4.35. The van der Waals surface area contributed by atoms with Crippen molar-refractivity contribution in [1.82, 2.24) is 5.32 Å². The summed E-state index contributed by atoms with van der Waals surface area (Å²) >= 11 is 0. The lowest BCUT2D eigenvalue weighted by atomic mass is 10.1. The van der Waals surface area contributed by atoms with E-state index in [4.69, 9.17) is 0 Å². The molecule has 0 amide bonds. The Labute approximate surface area is 51.5 Å². The van der Waals surface area contributed by atoms with Crippen LogP contribution in [0.15, 0.2) is 0 Å². The predicted molar refractivity (Wildman–Crippen MR) is 34.9 cm³/mol. The second-order valence-electron chi connectivity index (χ2n) is 2.73. The van der Waals surface area contributed by atoms with Crippen molar-refractivity contribution >= 4 is 0 Å². The van der Waals surface area contributed by atoms with Crippen LogP contribution in [0.25, 0.3) is 0 Å². The van der Waals surface area contributed by atoms with Gasteiger partial charge in [-0.05, 0) is 18.8 Å². The number of hydrogen-bond acceptors (Lipinski definition) is 0. The van der Waals surface area contributed by atoms with Gasteiger partial charge in [-0.25, -0.2) is 5.32 Å². The monoisotopic (exact) mass is 112 g/mol. The van der Waals surface area contributed by atoms with Gasteiger partial charge in [-0.3, -0.25) is 0 Å². The zero-order valence-corrected chi connectivity index (χ0v) is 5.56. The first-order chi connectivity index (χ1) is 3.89. The Morgan fingerprint density at radius 2 is 2.25 bits per heavy atom. The Morgan fingerprint density at radius 3 is 3.12 bits per heavy atom. The maximum Gasteiger partial charge on any atom is 0.0159 e. The molecule has 1 nitrogen and oxygen atoms in total. The normalized spacial score (nSPS) is 31.9. The van der Waals surface area contributed by atoms with E-state index in [1.165, 1.54) is 19.3 Å². The fourth-order valence-electron chi connectivity index (χ4n) is 1.12. The van der Waals surface area contributed by atoms with Gasteiger partial charge in [-0.15, -0.1) is 0 Å². The summed E-state index contributed by atoms with van der Waals surface area (Å²) < 4.78 is 0. The smallest absolute Gasteiger partial charge is 0.0159 e. The van der Waals surface area contributed by atoms with E-state index < -0.39 is 0 Å². The molecular formula is C7H14N. The molecule has 0 bridgehead atoms. The Morgan fingerprint density at radius 1 is 1.38 bits per heavy atom. The average molecular weight is 112 g/mol. The number of rotatable bonds is 0. The first kappa shape index (κ1) is 6.09. The minimum atomic E-state index is 0.859. The van der Waals surface area contributed by atoms with Gasteiger partial charge in [0.1, 0.15) is 0 Å². The third-order valence-corrected chi connectivity index (χ3v) is 1.70. The molecule has 1 heterocycles. The molecule has 1 fully saturated rings. The average Bonchev–Trinajstić information content (AvgIpc) is 1.94. The van der Waals surface area contributed by atoms with E-state index in [0.29, 0.717) is 0 Å². The molecule has 1 heteroatoms. The third-order valence-electron chi connectivity index (χ3n) is 1.70. The number of nitrogens with zero attached hydrogens (tertiary/aromatic N) is 1. The lowest BCUT2D eigenvalue weighted by Gasteiger charge is -2.02. The zero-order valence-electron chi connectivity index (χ0n) is 5.56. The van der Waals surface area contributed by atoms with Crippen molar-refractivity contribution in [3.05, 3.63) is 0 Å². The van der Waals surface area contributed by atoms with Crippen LogP contribution in [-0.4, -0.2) is 13.1 Å². The highest BCUT2D eigenvalue weighted by Crippen LogP contribution is 2.09. The summed E-state index contributed by atoms with van der Waals surface area (Å²) in [5.41, 5.74) is 0. The van der Waals surface area contributed by atoms with Gasteiger partial charge in [0.25, 0.3) is 0 Å². The van der Waals surface area contributed by atoms with Gasteiger partial charge < -0.3 is 0 Å². The summed E-state index contributed by atoms with van der Waals surface area (Å²) in [6.45, 7) is 4.51. The summed E-state index contributed by atoms with van der Waals surface area (Å²) in [6, 6.07) is 0. The van der Waals surface area contributed by atoms with Crippen LogP contribution in [0.4, 0.5) is 0 Å². The first-order valence-corrected chi connectivity index (χ1v) is 3.53. The zero-order chi connectivity index (χ0) is 5.82. The predicted octanol–water partition coefficient (Wildman–Crippen LogP) is 1.41. The molecule has 8 heavy (non-hydrogen) atoms. The summed E-state index contributed by atoms with van der Waals surface area (Å²) in [5.74, 6) is 0.859. The molecule has 0 spiro atoms. The molecular weight excluding hydrogens is 98.1 g/mol. The van der Waals surface area contributed by atoms with Crippen LogP contribution in [0.5, 0.6) is 0 Å². The molecule has 1 atom stereocenters. The molecule has 1 aliphatic rings. The van der Waals surface area contributed by atoms with E-state index in [9.17, 15) is 0 Å². The Hall–Kier alpha value is -0.0400. The molecule has 0 aromatic rings.